The van der Waals surface area contributed by atoms with Crippen molar-refractivity contribution < 1.29 is 18.3 Å². The van der Waals surface area contributed by atoms with E-state index in [0.29, 0.717) is 0 Å². The molecule has 0 N–H and O–H groups in total. The second-order valence-electron chi connectivity index (χ2n) is 3.50. The van der Waals surface area contributed by atoms with E-state index < -0.39 is 17.4 Å². The molecule has 0 aliphatic rings. The number of ketones is 1. The highest BCUT2D eigenvalue weighted by molar-refractivity contribution is 6.11. The molecule has 2 aromatic rings. The molecule has 0 radical (unpaired) electrons. The molecule has 0 bridgehead atoms. The first-order valence-corrected chi connectivity index (χ1v) is 5.12. The van der Waals surface area contributed by atoms with E-state index in [-0.39, 0.29) is 16.9 Å². The van der Waals surface area contributed by atoms with Gasteiger partial charge in [-0.25, -0.2) is 8.78 Å². The minimum Gasteiger partial charge on any atom is -0.496 e. The Bertz CT molecular complexity index is 599. The van der Waals surface area contributed by atoms with Gasteiger partial charge in [0.2, 0.25) is 5.78 Å². The Kier molecular flexibility index (Phi) is 3.32. The summed E-state index contributed by atoms with van der Waals surface area (Å²) in [6.07, 6.45) is 2.17. The quantitative estimate of drug-likeness (QED) is 0.785. The molecule has 92 valence electrons. The van der Waals surface area contributed by atoms with Gasteiger partial charge in [-0.15, -0.1) is 0 Å². The summed E-state index contributed by atoms with van der Waals surface area (Å²) in [4.78, 5) is 15.6. The van der Waals surface area contributed by atoms with Gasteiger partial charge in [-0.3, -0.25) is 9.78 Å². The molecule has 18 heavy (non-hydrogen) atoms. The van der Waals surface area contributed by atoms with Crippen LogP contribution in [-0.2, 0) is 0 Å². The lowest BCUT2D eigenvalue weighted by atomic mass is 10.0. The standard InChI is InChI=1S/C13H9F2NO2/c1-18-11-4-2-3-9(14)12(11)13(17)8-5-6-16-7-10(8)15/h2-7H,1H3. The molecule has 2 rings (SSSR count). The number of halogens is 2. The number of nitrogens with zero attached hydrogens (tertiary/aromatic N) is 1. The summed E-state index contributed by atoms with van der Waals surface area (Å²) < 4.78 is 32.0. The third-order valence-electron chi connectivity index (χ3n) is 2.44. The van der Waals surface area contributed by atoms with Gasteiger partial charge in [0.05, 0.1) is 18.9 Å². The Balaban J connectivity index is 2.56. The van der Waals surface area contributed by atoms with Gasteiger partial charge in [-0.2, -0.15) is 0 Å². The lowest BCUT2D eigenvalue weighted by molar-refractivity contribution is 0.102. The van der Waals surface area contributed by atoms with Gasteiger partial charge in [0.1, 0.15) is 17.1 Å². The van der Waals surface area contributed by atoms with Crippen LogP contribution in [0.25, 0.3) is 0 Å². The topological polar surface area (TPSA) is 39.2 Å². The molecule has 0 unspecified atom stereocenters. The first-order valence-electron chi connectivity index (χ1n) is 5.12. The van der Waals surface area contributed by atoms with Gasteiger partial charge in [-0.05, 0) is 18.2 Å². The molecule has 1 aromatic heterocycles. The molecule has 3 nitrogen and oxygen atoms in total. The number of carbonyl (C=O) groups excluding carboxylic acids is 1. The minimum atomic E-state index is -0.798. The van der Waals surface area contributed by atoms with Crippen molar-refractivity contribution in [3.05, 3.63) is 59.4 Å². The van der Waals surface area contributed by atoms with Gasteiger partial charge >= 0.3 is 0 Å². The fourth-order valence-electron chi connectivity index (χ4n) is 1.59. The minimum absolute atomic E-state index is 0.0659. The summed E-state index contributed by atoms with van der Waals surface area (Å²) in [6, 6.07) is 5.17. The van der Waals surface area contributed by atoms with Crippen molar-refractivity contribution in [2.24, 2.45) is 0 Å². The molecule has 0 fully saturated rings. The normalized spacial score (nSPS) is 10.2. The zero-order chi connectivity index (χ0) is 13.1. The second kappa shape index (κ2) is 4.91. The average Bonchev–Trinajstić information content (AvgIpc) is 2.38. The van der Waals surface area contributed by atoms with Crippen LogP contribution in [-0.4, -0.2) is 17.9 Å². The van der Waals surface area contributed by atoms with Crippen molar-refractivity contribution in [1.82, 2.24) is 4.98 Å². The van der Waals surface area contributed by atoms with Crippen molar-refractivity contribution in [2.45, 2.75) is 0 Å². The predicted octanol–water partition coefficient (Wildman–Crippen LogP) is 2.60. The zero-order valence-electron chi connectivity index (χ0n) is 9.48. The monoisotopic (exact) mass is 249 g/mol. The molecular formula is C13H9F2NO2. The number of methoxy groups -OCH3 is 1. The Labute approximate surface area is 102 Å². The fourth-order valence-corrected chi connectivity index (χ4v) is 1.59. The first-order chi connectivity index (χ1) is 8.65. The highest BCUT2D eigenvalue weighted by Gasteiger charge is 2.21. The molecule has 0 atom stereocenters. The number of ether oxygens (including phenoxy) is 1. The van der Waals surface area contributed by atoms with Crippen molar-refractivity contribution in [1.29, 1.82) is 0 Å². The number of aromatic nitrogens is 1. The summed E-state index contributed by atoms with van der Waals surface area (Å²) in [6.45, 7) is 0. The van der Waals surface area contributed by atoms with Crippen LogP contribution < -0.4 is 4.74 Å². The largest absolute Gasteiger partial charge is 0.496 e. The highest BCUT2D eigenvalue weighted by Crippen LogP contribution is 2.24. The highest BCUT2D eigenvalue weighted by atomic mass is 19.1. The number of pyridine rings is 1. The Morgan fingerprint density at radius 2 is 2.00 bits per heavy atom. The first kappa shape index (κ1) is 12.2. The lowest BCUT2D eigenvalue weighted by Gasteiger charge is -2.08. The third-order valence-corrected chi connectivity index (χ3v) is 2.44. The van der Waals surface area contributed by atoms with E-state index in [2.05, 4.69) is 4.98 Å². The molecule has 0 amide bonds. The summed E-state index contributed by atoms with van der Waals surface area (Å²) in [5.74, 6) is -2.26. The Morgan fingerprint density at radius 3 is 2.67 bits per heavy atom. The lowest BCUT2D eigenvalue weighted by Crippen LogP contribution is -2.09. The van der Waals surface area contributed by atoms with E-state index in [1.165, 1.54) is 31.5 Å². The molecule has 0 saturated heterocycles. The second-order valence-corrected chi connectivity index (χ2v) is 3.50. The van der Waals surface area contributed by atoms with Crippen molar-refractivity contribution in [3.8, 4) is 5.75 Å². The van der Waals surface area contributed by atoms with E-state index >= 15 is 0 Å². The molecule has 0 aliphatic heterocycles. The van der Waals surface area contributed by atoms with Gasteiger partial charge in [0.25, 0.3) is 0 Å². The van der Waals surface area contributed by atoms with Crippen LogP contribution in [0, 0.1) is 11.6 Å². The number of carbonyl (C=O) groups is 1. The molecular weight excluding hydrogens is 240 g/mol. The van der Waals surface area contributed by atoms with Gasteiger partial charge < -0.3 is 4.74 Å². The molecule has 0 saturated carbocycles. The maximum Gasteiger partial charge on any atom is 0.202 e. The van der Waals surface area contributed by atoms with Crippen LogP contribution in [0.5, 0.6) is 5.75 Å². The van der Waals surface area contributed by atoms with Gasteiger partial charge in [-0.1, -0.05) is 6.07 Å². The summed E-state index contributed by atoms with van der Waals surface area (Å²) in [5, 5.41) is 0. The van der Waals surface area contributed by atoms with E-state index in [4.69, 9.17) is 4.74 Å². The predicted molar refractivity (Wildman–Crippen MR) is 60.6 cm³/mol. The maximum absolute atomic E-state index is 13.7. The van der Waals surface area contributed by atoms with E-state index in [1.807, 2.05) is 0 Å². The number of benzene rings is 1. The van der Waals surface area contributed by atoms with E-state index in [0.717, 1.165) is 12.3 Å². The molecule has 1 heterocycles. The molecule has 0 aliphatic carbocycles. The number of rotatable bonds is 3. The van der Waals surface area contributed by atoms with Crippen LogP contribution in [0.1, 0.15) is 15.9 Å². The number of hydrogen-bond acceptors (Lipinski definition) is 3. The number of hydrogen-bond donors (Lipinski definition) is 0. The van der Waals surface area contributed by atoms with Crippen molar-refractivity contribution in [3.63, 3.8) is 0 Å². The van der Waals surface area contributed by atoms with Crippen molar-refractivity contribution in [2.75, 3.05) is 7.11 Å². The van der Waals surface area contributed by atoms with Crippen molar-refractivity contribution >= 4 is 5.78 Å². The van der Waals surface area contributed by atoms with Gasteiger partial charge in [0.15, 0.2) is 5.82 Å². The fraction of sp³-hybridized carbons (Fsp3) is 0.0769. The van der Waals surface area contributed by atoms with Crippen LogP contribution in [0.2, 0.25) is 0 Å². The smallest absolute Gasteiger partial charge is 0.202 e. The summed E-state index contributed by atoms with van der Waals surface area (Å²) in [7, 11) is 1.31. The van der Waals surface area contributed by atoms with Crippen LogP contribution in [0.3, 0.4) is 0 Å². The average molecular weight is 249 g/mol. The maximum atomic E-state index is 13.7. The van der Waals surface area contributed by atoms with Crippen LogP contribution in [0.15, 0.2) is 36.7 Å². The van der Waals surface area contributed by atoms with E-state index in [9.17, 15) is 13.6 Å². The van der Waals surface area contributed by atoms with E-state index in [1.54, 1.807) is 0 Å². The third kappa shape index (κ3) is 2.07. The summed E-state index contributed by atoms with van der Waals surface area (Å²) >= 11 is 0. The van der Waals surface area contributed by atoms with Crippen LogP contribution >= 0.6 is 0 Å². The SMILES string of the molecule is COc1cccc(F)c1C(=O)c1ccncc1F. The summed E-state index contributed by atoms with van der Waals surface area (Å²) in [5.41, 5.74) is -0.529. The molecule has 5 heteroatoms. The Morgan fingerprint density at radius 1 is 1.22 bits per heavy atom. The van der Waals surface area contributed by atoms with Crippen LogP contribution in [0.4, 0.5) is 8.78 Å². The zero-order valence-corrected chi connectivity index (χ0v) is 9.48. The molecule has 1 aromatic carbocycles. The van der Waals surface area contributed by atoms with Gasteiger partial charge in [0, 0.05) is 6.20 Å². The Hall–Kier alpha value is -2.30. The molecule has 0 spiro atoms.